The van der Waals surface area contributed by atoms with Crippen LogP contribution in [-0.2, 0) is 6.42 Å². The van der Waals surface area contributed by atoms with E-state index in [0.717, 1.165) is 27.5 Å². The number of anilines is 1. The molecule has 5 rings (SSSR count). The van der Waals surface area contributed by atoms with Crippen molar-refractivity contribution in [3.63, 3.8) is 0 Å². The Morgan fingerprint density at radius 3 is 2.44 bits per heavy atom. The van der Waals surface area contributed by atoms with E-state index >= 15 is 0 Å². The van der Waals surface area contributed by atoms with Gasteiger partial charge in [-0.05, 0) is 42.3 Å². The van der Waals surface area contributed by atoms with Crippen molar-refractivity contribution in [3.8, 4) is 17.2 Å². The number of aromatic nitrogens is 2. The molecule has 0 saturated heterocycles. The molecule has 0 saturated carbocycles. The molecule has 0 aliphatic carbocycles. The molecular formula is C23H21N3O6. The number of amides is 1. The van der Waals surface area contributed by atoms with Crippen LogP contribution in [0.5, 0.6) is 17.2 Å². The molecular weight excluding hydrogens is 414 g/mol. The first-order valence-electron chi connectivity index (χ1n) is 9.98. The summed E-state index contributed by atoms with van der Waals surface area (Å²) < 4.78 is 16.4. The third-order valence-electron chi connectivity index (χ3n) is 5.89. The van der Waals surface area contributed by atoms with E-state index < -0.39 is 5.97 Å². The third kappa shape index (κ3) is 2.78. The van der Waals surface area contributed by atoms with Crippen molar-refractivity contribution >= 4 is 39.4 Å². The largest absolute Gasteiger partial charge is 0.493 e. The fourth-order valence-electron chi connectivity index (χ4n) is 4.44. The highest BCUT2D eigenvalue weighted by Crippen LogP contribution is 2.43. The molecule has 1 amide bonds. The van der Waals surface area contributed by atoms with Crippen LogP contribution in [0.3, 0.4) is 0 Å². The lowest BCUT2D eigenvalue weighted by molar-refractivity contribution is 0.0691. The van der Waals surface area contributed by atoms with Gasteiger partial charge in [0, 0.05) is 28.5 Å². The minimum Gasteiger partial charge on any atom is -0.493 e. The van der Waals surface area contributed by atoms with Gasteiger partial charge in [0.2, 0.25) is 5.75 Å². The third-order valence-corrected chi connectivity index (χ3v) is 5.89. The first kappa shape index (κ1) is 19.8. The smallest absolute Gasteiger partial charge is 0.352 e. The molecule has 1 aliphatic rings. The van der Waals surface area contributed by atoms with Gasteiger partial charge in [-0.25, -0.2) is 4.79 Å². The fourth-order valence-corrected chi connectivity index (χ4v) is 4.44. The van der Waals surface area contributed by atoms with Crippen LogP contribution in [-0.4, -0.2) is 54.8 Å². The number of hydrogen-bond donors (Lipinski definition) is 3. The maximum atomic E-state index is 13.4. The van der Waals surface area contributed by atoms with Gasteiger partial charge >= 0.3 is 5.97 Å². The van der Waals surface area contributed by atoms with E-state index in [1.807, 2.05) is 6.07 Å². The number of aromatic carboxylic acids is 1. The quantitative estimate of drug-likeness (QED) is 0.441. The monoisotopic (exact) mass is 435 g/mol. The zero-order valence-corrected chi connectivity index (χ0v) is 17.7. The molecule has 3 N–H and O–H groups in total. The zero-order chi connectivity index (χ0) is 22.6. The van der Waals surface area contributed by atoms with Crippen LogP contribution in [0, 0.1) is 0 Å². The summed E-state index contributed by atoms with van der Waals surface area (Å²) in [6.07, 6.45) is 0.639. The van der Waals surface area contributed by atoms with E-state index in [9.17, 15) is 14.7 Å². The Morgan fingerprint density at radius 1 is 0.969 bits per heavy atom. The minimum atomic E-state index is -1.02. The number of aromatic amines is 2. The van der Waals surface area contributed by atoms with E-state index in [0.29, 0.717) is 41.4 Å². The van der Waals surface area contributed by atoms with Crippen LogP contribution in [0.2, 0.25) is 0 Å². The number of fused-ring (bicyclic) bond motifs is 4. The van der Waals surface area contributed by atoms with Crippen LogP contribution in [0.15, 0.2) is 30.3 Å². The maximum Gasteiger partial charge on any atom is 0.352 e. The first-order valence-corrected chi connectivity index (χ1v) is 9.98. The highest BCUT2D eigenvalue weighted by molar-refractivity contribution is 6.11. The average molecular weight is 435 g/mol. The summed E-state index contributed by atoms with van der Waals surface area (Å²) in [4.78, 5) is 32.5. The van der Waals surface area contributed by atoms with Crippen molar-refractivity contribution < 1.29 is 28.9 Å². The molecule has 0 spiro atoms. The number of hydrogen-bond acceptors (Lipinski definition) is 5. The Morgan fingerprint density at radius 2 is 1.75 bits per heavy atom. The lowest BCUT2D eigenvalue weighted by atomic mass is 10.1. The topological polar surface area (TPSA) is 117 Å². The van der Waals surface area contributed by atoms with Crippen molar-refractivity contribution in [2.24, 2.45) is 0 Å². The molecule has 32 heavy (non-hydrogen) atoms. The zero-order valence-electron chi connectivity index (χ0n) is 17.7. The average Bonchev–Trinajstić information content (AvgIpc) is 3.52. The van der Waals surface area contributed by atoms with Gasteiger partial charge in [-0.2, -0.15) is 0 Å². The molecule has 1 aliphatic heterocycles. The highest BCUT2D eigenvalue weighted by Gasteiger charge is 2.29. The minimum absolute atomic E-state index is 0.129. The van der Waals surface area contributed by atoms with Gasteiger partial charge < -0.3 is 34.2 Å². The highest BCUT2D eigenvalue weighted by atomic mass is 16.5. The molecule has 0 fully saturated rings. The molecule has 2 aromatic heterocycles. The van der Waals surface area contributed by atoms with Gasteiger partial charge in [0.15, 0.2) is 11.5 Å². The van der Waals surface area contributed by atoms with Crippen molar-refractivity contribution in [1.29, 1.82) is 0 Å². The molecule has 0 radical (unpaired) electrons. The number of benzene rings is 2. The van der Waals surface area contributed by atoms with Crippen LogP contribution in [0.1, 0.15) is 26.5 Å². The summed E-state index contributed by atoms with van der Waals surface area (Å²) in [7, 11) is 4.60. The van der Waals surface area contributed by atoms with Crippen molar-refractivity contribution in [2.75, 3.05) is 32.8 Å². The summed E-state index contributed by atoms with van der Waals surface area (Å²) in [6, 6.07) is 8.82. The van der Waals surface area contributed by atoms with Crippen molar-refractivity contribution in [3.05, 3.63) is 47.3 Å². The van der Waals surface area contributed by atoms with Gasteiger partial charge in [0.25, 0.3) is 5.91 Å². The summed E-state index contributed by atoms with van der Waals surface area (Å²) >= 11 is 0. The number of H-pyrrole nitrogens is 2. The molecule has 2 aromatic carbocycles. The lowest BCUT2D eigenvalue weighted by Crippen LogP contribution is -2.29. The Bertz CT molecular complexity index is 1400. The number of carbonyl (C=O) groups excluding carboxylic acids is 1. The van der Waals surface area contributed by atoms with E-state index in [4.69, 9.17) is 14.2 Å². The predicted molar refractivity (Wildman–Crippen MR) is 119 cm³/mol. The van der Waals surface area contributed by atoms with Crippen LogP contribution < -0.4 is 19.1 Å². The summed E-state index contributed by atoms with van der Waals surface area (Å²) in [6.45, 7) is 0.500. The van der Waals surface area contributed by atoms with Gasteiger partial charge in [0.05, 0.1) is 26.8 Å². The van der Waals surface area contributed by atoms with Gasteiger partial charge in [0.1, 0.15) is 11.4 Å². The number of carboxylic acid groups (broad SMARTS) is 1. The number of ether oxygens (including phenoxy) is 3. The van der Waals surface area contributed by atoms with Gasteiger partial charge in [-0.1, -0.05) is 0 Å². The Labute approximate surface area is 182 Å². The first-order chi connectivity index (χ1) is 15.5. The normalized spacial score (nSPS) is 12.9. The Hall–Kier alpha value is -4.14. The van der Waals surface area contributed by atoms with E-state index in [1.54, 1.807) is 36.3 Å². The second kappa shape index (κ2) is 7.23. The summed E-state index contributed by atoms with van der Waals surface area (Å²) in [5, 5.41) is 10.9. The SMILES string of the molecule is COc1cc2cc(C(=O)N3CCc4c3ccc3[nH]c(C(=O)O)cc43)[nH]c2c(OC)c1OC. The molecule has 3 heterocycles. The molecule has 4 aromatic rings. The number of nitrogens with one attached hydrogen (secondary N) is 2. The van der Waals surface area contributed by atoms with Gasteiger partial charge in [-0.3, -0.25) is 4.79 Å². The molecule has 0 unspecified atom stereocenters. The molecule has 164 valence electrons. The number of carbonyl (C=O) groups is 2. The summed E-state index contributed by atoms with van der Waals surface area (Å²) in [5.74, 6) is 0.203. The fraction of sp³-hybridized carbons (Fsp3) is 0.217. The Balaban J connectivity index is 1.57. The van der Waals surface area contributed by atoms with Crippen LogP contribution in [0.25, 0.3) is 21.8 Å². The number of carboxylic acids is 1. The van der Waals surface area contributed by atoms with Crippen molar-refractivity contribution in [1.82, 2.24) is 9.97 Å². The second-order valence-electron chi connectivity index (χ2n) is 7.51. The predicted octanol–water partition coefficient (Wildman–Crippen LogP) is 3.58. The number of nitrogens with zero attached hydrogens (tertiary/aromatic N) is 1. The number of rotatable bonds is 5. The van der Waals surface area contributed by atoms with E-state index in [-0.39, 0.29) is 11.6 Å². The molecule has 9 heteroatoms. The molecule has 0 atom stereocenters. The van der Waals surface area contributed by atoms with E-state index in [2.05, 4.69) is 9.97 Å². The second-order valence-corrected chi connectivity index (χ2v) is 7.51. The molecule has 0 bridgehead atoms. The number of methoxy groups -OCH3 is 3. The Kier molecular flexibility index (Phi) is 4.47. The standard InChI is InChI=1S/C23H21N3O6/c1-30-18-9-11-8-15(25-19(11)21(32-3)20(18)31-2)22(27)26-7-6-12-13-10-16(23(28)29)24-14(13)4-5-17(12)26/h4-5,8-10,24-25H,6-7H2,1-3H3,(H,28,29). The van der Waals surface area contributed by atoms with Crippen LogP contribution >= 0.6 is 0 Å². The van der Waals surface area contributed by atoms with E-state index in [1.165, 1.54) is 14.2 Å². The lowest BCUT2D eigenvalue weighted by Gasteiger charge is -2.16. The van der Waals surface area contributed by atoms with Gasteiger partial charge in [-0.15, -0.1) is 0 Å². The van der Waals surface area contributed by atoms with Crippen LogP contribution in [0.4, 0.5) is 5.69 Å². The maximum absolute atomic E-state index is 13.4. The molecule has 9 nitrogen and oxygen atoms in total. The summed E-state index contributed by atoms with van der Waals surface area (Å²) in [5.41, 5.74) is 3.64. The van der Waals surface area contributed by atoms with Crippen molar-refractivity contribution in [2.45, 2.75) is 6.42 Å².